The molecule has 4 saturated carbocycles. The number of aliphatic hydroxyl groups is 2. The Morgan fingerprint density at radius 2 is 0.649 bits per heavy atom. The van der Waals surface area contributed by atoms with Crippen LogP contribution < -0.4 is 0 Å². The molecule has 8 fully saturated rings. The van der Waals surface area contributed by atoms with E-state index in [-0.39, 0.29) is 48.7 Å². The third-order valence-corrected chi connectivity index (χ3v) is 33.4. The van der Waals surface area contributed by atoms with Crippen molar-refractivity contribution < 1.29 is 42.0 Å². The lowest BCUT2D eigenvalue weighted by atomic mass is 9.84. The molecular weight excluding hydrogens is 1700 g/mol. The van der Waals surface area contributed by atoms with Gasteiger partial charge in [-0.1, -0.05) is 153 Å². The minimum atomic E-state index is -0.555. The van der Waals surface area contributed by atoms with Gasteiger partial charge < -0.3 is 44.6 Å². The highest BCUT2D eigenvalue weighted by Crippen LogP contribution is 2.59. The topological polar surface area (TPSA) is 95.8 Å². The van der Waals surface area contributed by atoms with Crippen LogP contribution in [-0.2, 0) is 30.5 Å². The molecule has 134 heavy (non-hydrogen) atoms. The monoisotopic (exact) mass is 1840 g/mol. The number of hydrogen-bond donors (Lipinski definition) is 3. The Kier molecular flexibility index (Phi) is 31.3. The van der Waals surface area contributed by atoms with Crippen molar-refractivity contribution in [1.82, 2.24) is 39.2 Å². The fourth-order valence-electron chi connectivity index (χ4n) is 25.6. The van der Waals surface area contributed by atoms with Crippen molar-refractivity contribution in [3.63, 3.8) is 0 Å². The number of β-amino-alcohol motifs (C(OH)–C–C–N with tert-alkyl or cyclic N) is 1. The highest BCUT2D eigenvalue weighted by molar-refractivity contribution is 7.99. The van der Waals surface area contributed by atoms with Gasteiger partial charge in [0.15, 0.2) is 0 Å². The zero-order chi connectivity index (χ0) is 91.2. The van der Waals surface area contributed by atoms with E-state index in [1.165, 1.54) is 144 Å². The van der Waals surface area contributed by atoms with Gasteiger partial charge in [-0.25, -0.2) is 22.0 Å². The maximum atomic E-state index is 14.3. The van der Waals surface area contributed by atoms with Crippen LogP contribution in [0.2, 0.25) is 0 Å². The summed E-state index contributed by atoms with van der Waals surface area (Å²) < 4.78 is 76.0. The number of hydrogen-bond acceptors (Lipinski definition) is 13. The fraction of sp³-hybridized carbons (Fsp3) is 0.483. The normalized spacial score (nSPS) is 25.4. The number of ether oxygens (including phenoxy) is 1. The van der Waals surface area contributed by atoms with Crippen molar-refractivity contribution in [2.45, 2.75) is 181 Å². The molecule has 22 rings (SSSR count). The summed E-state index contributed by atoms with van der Waals surface area (Å²) in [6.07, 6.45) is 12.2. The molecule has 0 radical (unpaired) electrons. The summed E-state index contributed by atoms with van der Waals surface area (Å²) in [6.45, 7) is 32.9. The summed E-state index contributed by atoms with van der Waals surface area (Å²) in [5, 5.41) is 29.1. The molecule has 10 aromatic carbocycles. The largest absolute Gasteiger partial charge is 0.508 e. The molecule has 5 aliphatic heterocycles. The molecule has 0 bridgehead atoms. The first-order valence-electron chi connectivity index (χ1n) is 50.1. The zero-order valence-electron chi connectivity index (χ0n) is 78.3. The molecule has 0 aromatic heterocycles. The van der Waals surface area contributed by atoms with Crippen LogP contribution in [0.4, 0.5) is 22.0 Å². The Labute approximate surface area is 798 Å². The van der Waals surface area contributed by atoms with Crippen molar-refractivity contribution in [3.8, 4) is 5.75 Å². The number of nitrogens with zero attached hydrogens (tertiary/aromatic N) is 8. The number of benzene rings is 10. The van der Waals surface area contributed by atoms with E-state index in [1.807, 2.05) is 60.3 Å². The second-order valence-corrected chi connectivity index (χ2v) is 43.0. The van der Waals surface area contributed by atoms with E-state index in [0.29, 0.717) is 83.2 Å². The van der Waals surface area contributed by atoms with Crippen molar-refractivity contribution in [1.29, 1.82) is 0 Å². The Balaban J connectivity index is 0.000000119. The first-order valence-corrected chi connectivity index (χ1v) is 50.9. The van der Waals surface area contributed by atoms with Gasteiger partial charge in [0.25, 0.3) is 0 Å². The van der Waals surface area contributed by atoms with Crippen LogP contribution in [0.1, 0.15) is 228 Å². The van der Waals surface area contributed by atoms with Gasteiger partial charge in [0, 0.05) is 167 Å². The highest BCUT2D eigenvalue weighted by atomic mass is 32.2. The van der Waals surface area contributed by atoms with Crippen LogP contribution in [0.5, 0.6) is 5.75 Å². The average molecular weight is 1840 g/mol. The van der Waals surface area contributed by atoms with Gasteiger partial charge in [-0.2, -0.15) is 0 Å². The van der Waals surface area contributed by atoms with E-state index in [9.17, 15) is 32.2 Å². The average Bonchev–Trinajstić information content (AvgIpc) is 1.63. The lowest BCUT2D eigenvalue weighted by Crippen LogP contribution is -2.48. The summed E-state index contributed by atoms with van der Waals surface area (Å²) in [4.78, 5) is 22.9. The lowest BCUT2D eigenvalue weighted by Gasteiger charge is -2.36. The molecular formula is C116H141F5N8O4S. The predicted molar refractivity (Wildman–Crippen MR) is 531 cm³/mol. The van der Waals surface area contributed by atoms with E-state index < -0.39 is 6.10 Å². The summed E-state index contributed by atoms with van der Waals surface area (Å²) in [5.41, 5.74) is 21.0. The number of aliphatic hydroxyl groups excluding tert-OH is 2. The van der Waals surface area contributed by atoms with Gasteiger partial charge in [-0.05, 0) is 343 Å². The minimum absolute atomic E-state index is 0. The second-order valence-electron chi connectivity index (χ2n) is 41.9. The molecule has 7 aliphatic carbocycles. The molecule has 710 valence electrons. The van der Waals surface area contributed by atoms with E-state index in [0.717, 1.165) is 201 Å². The summed E-state index contributed by atoms with van der Waals surface area (Å²) >= 11 is 1.81. The second kappa shape index (κ2) is 43.7. The van der Waals surface area contributed by atoms with Crippen molar-refractivity contribution in [2.24, 2.45) is 23.7 Å². The Morgan fingerprint density at radius 1 is 0.336 bits per heavy atom. The molecule has 0 amide bonds. The number of phenols is 1. The number of halogens is 5. The third kappa shape index (κ3) is 23.2. The molecule has 12 nitrogen and oxygen atoms in total. The van der Waals surface area contributed by atoms with E-state index in [4.69, 9.17) is 9.84 Å². The quantitative estimate of drug-likeness (QED) is 0.0672. The standard InChI is InChI=1S/C32H36F2N2O.C30H33FN2O.C29H39FN2O.C24H29FN2OS.CH4/c33-26-8-5-23(6-9-26)32(37)11-12-35-13-15-36(16-14-35)21-22-17-30-28-4-2-1-3-24(28)19-25-7-10-27(34)20-29(25)31(30)18-22;31-25-8-7-24-17-23-3-1-2-4-27(23)29-15-22(16-30(29)28(24)18-25)20-33-13-11-32(12-14-33)19-21-5-9-26(34)10-6-21;1-29(2,3)33-15-14-31-10-12-32(13-11-31)20-21-16-27-25-7-5-4-6-22(25)18-23-8-9-24(30)19-26(23)28(27)17-21;25-18-5-6-24-22(15-18)21-14-17(16-27-9-7-26(8-10-27)11-12-28)13-20(21)19-3-1-2-4-23(19)29-24;/h1-10,20,22,30-32,37H,11-19,21H2;1-10,18,22,29-30,34H,11-17,19-20H2;4-9,19,21,27-28H,10-18,20H2,1-3H3;1-6,15,17,20-21,28H,7-14,16H2;1H4. The van der Waals surface area contributed by atoms with Gasteiger partial charge >= 0.3 is 0 Å². The summed E-state index contributed by atoms with van der Waals surface area (Å²) in [5.74, 6) is 5.89. The molecule has 10 aromatic rings. The third-order valence-electron chi connectivity index (χ3n) is 32.2. The van der Waals surface area contributed by atoms with Crippen molar-refractivity contribution in [3.05, 3.63) is 336 Å². The first-order chi connectivity index (χ1) is 64.7. The number of phenolic OH excluding ortho intramolecular Hbond substituents is 1. The molecule has 18 heteroatoms. The van der Waals surface area contributed by atoms with E-state index in [2.05, 4.69) is 157 Å². The van der Waals surface area contributed by atoms with Gasteiger partial charge in [0.05, 0.1) is 24.9 Å². The Morgan fingerprint density at radius 3 is 1.06 bits per heavy atom. The maximum Gasteiger partial charge on any atom is 0.123 e. The van der Waals surface area contributed by atoms with Crippen LogP contribution in [0.15, 0.2) is 228 Å². The maximum absolute atomic E-state index is 14.3. The highest BCUT2D eigenvalue weighted by Gasteiger charge is 2.46. The Hall–Kier alpha value is -8.44. The zero-order valence-corrected chi connectivity index (χ0v) is 79.1. The SMILES string of the molecule is C.CC(C)(C)OCCN1CCN(CC2CC3c4ccccc4Cc4ccc(F)cc4C3C2)CC1.OC(CCN1CCN(CC2CC3c4ccccc4Cc4ccc(F)cc4C3C2)CC1)c1ccc(F)cc1.OCCN1CCN(CC2CC3c4ccccc4Sc4ccc(F)cc4C3C2)CC1.Oc1ccc(CN2CCN(CC3CC4c5ccccc5Cc5ccc(F)cc5C4C3)CC2)cc1. The molecule has 13 atom stereocenters. The van der Waals surface area contributed by atoms with E-state index in [1.54, 1.807) is 60.7 Å². The number of rotatable bonds is 19. The van der Waals surface area contributed by atoms with Gasteiger partial charge in [-0.15, -0.1) is 0 Å². The smallest absolute Gasteiger partial charge is 0.123 e. The summed E-state index contributed by atoms with van der Waals surface area (Å²) in [6, 6.07) is 71.0. The van der Waals surface area contributed by atoms with Crippen molar-refractivity contribution in [2.75, 3.05) is 164 Å². The number of aromatic hydroxyl groups is 1. The van der Waals surface area contributed by atoms with Gasteiger partial charge in [0.2, 0.25) is 0 Å². The lowest BCUT2D eigenvalue weighted by molar-refractivity contribution is -0.0182. The first kappa shape index (κ1) is 95.9. The molecule has 5 heterocycles. The van der Waals surface area contributed by atoms with Crippen LogP contribution in [-0.4, -0.2) is 224 Å². The van der Waals surface area contributed by atoms with Gasteiger partial charge in [0.1, 0.15) is 34.8 Å². The molecule has 0 spiro atoms. The van der Waals surface area contributed by atoms with Crippen LogP contribution in [0.3, 0.4) is 0 Å². The molecule has 4 saturated heterocycles. The molecule has 12 aliphatic rings. The van der Waals surface area contributed by atoms with Crippen LogP contribution in [0, 0.1) is 52.8 Å². The minimum Gasteiger partial charge on any atom is -0.508 e. The van der Waals surface area contributed by atoms with Gasteiger partial charge in [-0.3, -0.25) is 14.7 Å². The van der Waals surface area contributed by atoms with Crippen LogP contribution >= 0.6 is 11.8 Å². The number of piperazine rings is 4. The Bertz CT molecular complexity index is 5550. The van der Waals surface area contributed by atoms with Crippen molar-refractivity contribution >= 4 is 11.8 Å². The summed E-state index contributed by atoms with van der Waals surface area (Å²) in [7, 11) is 0. The van der Waals surface area contributed by atoms with E-state index >= 15 is 0 Å². The predicted octanol–water partition coefficient (Wildman–Crippen LogP) is 21.7. The fourth-order valence-corrected chi connectivity index (χ4v) is 26.8. The molecule has 13 unspecified atom stereocenters. The number of fused-ring (bicyclic) bond motifs is 20. The molecule has 3 N–H and O–H groups in total. The van der Waals surface area contributed by atoms with Crippen LogP contribution in [0.25, 0.3) is 0 Å².